The van der Waals surface area contributed by atoms with E-state index in [1.165, 1.54) is 29.2 Å². The van der Waals surface area contributed by atoms with E-state index in [9.17, 15) is 22.8 Å². The van der Waals surface area contributed by atoms with Gasteiger partial charge < -0.3 is 14.8 Å². The third-order valence-electron chi connectivity index (χ3n) is 8.27. The molecule has 3 aliphatic rings. The maximum Gasteiger partial charge on any atom is 0.418 e. The molecule has 2 saturated carbocycles. The Morgan fingerprint density at radius 1 is 1.08 bits per heavy atom. The van der Waals surface area contributed by atoms with Gasteiger partial charge in [0.05, 0.1) is 30.5 Å². The quantitative estimate of drug-likeness (QED) is 0.377. The van der Waals surface area contributed by atoms with E-state index >= 15 is 0 Å². The first-order valence-electron chi connectivity index (χ1n) is 12.8. The SMILES string of the molecule is COc1ccc([C@@H]2c3sc(=O)n(CC(=O)Nc4ccccc4C(F)(F)F)c3SC3C4CCC(C4)C32)cc1OC. The lowest BCUT2D eigenvalue weighted by molar-refractivity contribution is -0.137. The predicted octanol–water partition coefficient (Wildman–Crippen LogP) is 6.24. The second-order valence-corrected chi connectivity index (χ2v) is 12.5. The molecule has 2 fully saturated rings. The molecule has 2 aliphatic carbocycles. The molecule has 3 aromatic rings. The number of halogens is 3. The van der Waals surface area contributed by atoms with E-state index in [0.717, 1.165) is 45.7 Å². The summed E-state index contributed by atoms with van der Waals surface area (Å²) in [6, 6.07) is 10.7. The number of benzene rings is 2. The highest BCUT2D eigenvalue weighted by Gasteiger charge is 2.55. The molecular weight excluding hydrogens is 549 g/mol. The van der Waals surface area contributed by atoms with Crippen molar-refractivity contribution in [1.29, 1.82) is 0 Å². The highest BCUT2D eigenvalue weighted by Crippen LogP contribution is 2.64. The summed E-state index contributed by atoms with van der Waals surface area (Å²) in [7, 11) is 3.18. The maximum absolute atomic E-state index is 13.4. The number of rotatable bonds is 6. The number of thioether (sulfide) groups is 1. The molecule has 0 spiro atoms. The van der Waals surface area contributed by atoms with Crippen molar-refractivity contribution in [3.63, 3.8) is 0 Å². The Kier molecular flexibility index (Phi) is 6.69. The molecule has 39 heavy (non-hydrogen) atoms. The number of para-hydroxylation sites is 1. The van der Waals surface area contributed by atoms with Crippen molar-refractivity contribution < 1.29 is 27.4 Å². The number of carbonyl (C=O) groups excluding carboxylic acids is 1. The number of anilines is 1. The molecule has 2 aromatic carbocycles. The van der Waals surface area contributed by atoms with Crippen molar-refractivity contribution in [1.82, 2.24) is 4.57 Å². The van der Waals surface area contributed by atoms with Crippen molar-refractivity contribution in [3.05, 3.63) is 68.1 Å². The fraction of sp³-hybridized carbons (Fsp3) is 0.429. The third-order valence-corrected chi connectivity index (χ3v) is 11.1. The van der Waals surface area contributed by atoms with Crippen molar-refractivity contribution in [2.24, 2.45) is 17.8 Å². The van der Waals surface area contributed by atoms with Crippen LogP contribution in [0.25, 0.3) is 0 Å². The van der Waals surface area contributed by atoms with Crippen LogP contribution in [0.3, 0.4) is 0 Å². The first kappa shape index (κ1) is 26.3. The van der Waals surface area contributed by atoms with Crippen LogP contribution in [0, 0.1) is 17.8 Å². The Bertz CT molecular complexity index is 1480. The van der Waals surface area contributed by atoms with Gasteiger partial charge in [0.1, 0.15) is 6.54 Å². The highest BCUT2D eigenvalue weighted by molar-refractivity contribution is 8.00. The summed E-state index contributed by atoms with van der Waals surface area (Å²) in [6.07, 6.45) is -1.14. The number of amides is 1. The number of nitrogens with zero attached hydrogens (tertiary/aromatic N) is 1. The van der Waals surface area contributed by atoms with E-state index in [2.05, 4.69) is 5.32 Å². The van der Waals surface area contributed by atoms with E-state index in [1.807, 2.05) is 18.2 Å². The summed E-state index contributed by atoms with van der Waals surface area (Å²) in [5, 5.41) is 3.44. The van der Waals surface area contributed by atoms with E-state index in [0.29, 0.717) is 34.5 Å². The zero-order chi connectivity index (χ0) is 27.5. The van der Waals surface area contributed by atoms with E-state index in [1.54, 1.807) is 26.0 Å². The van der Waals surface area contributed by atoms with Crippen molar-refractivity contribution in [3.8, 4) is 11.5 Å². The van der Waals surface area contributed by atoms with E-state index < -0.39 is 17.6 Å². The molecule has 6 nitrogen and oxygen atoms in total. The zero-order valence-electron chi connectivity index (χ0n) is 21.3. The molecular formula is C28H27F3N2O4S2. The number of hydrogen-bond acceptors (Lipinski definition) is 6. The molecule has 1 amide bonds. The van der Waals surface area contributed by atoms with Crippen molar-refractivity contribution in [2.75, 3.05) is 19.5 Å². The Balaban J connectivity index is 1.37. The lowest BCUT2D eigenvalue weighted by Crippen LogP contribution is -2.35. The number of hydrogen-bond donors (Lipinski definition) is 1. The number of nitrogens with one attached hydrogen (secondary N) is 1. The van der Waals surface area contributed by atoms with Crippen LogP contribution >= 0.6 is 23.1 Å². The topological polar surface area (TPSA) is 69.6 Å². The Hall–Kier alpha value is -2.92. The minimum absolute atomic E-state index is 0.0330. The van der Waals surface area contributed by atoms with Crippen LogP contribution in [-0.4, -0.2) is 29.9 Å². The lowest BCUT2D eigenvalue weighted by Gasteiger charge is -2.40. The number of carbonyl (C=O) groups is 1. The zero-order valence-corrected chi connectivity index (χ0v) is 22.9. The fourth-order valence-electron chi connectivity index (χ4n) is 6.68. The van der Waals surface area contributed by atoms with Crippen LogP contribution in [0.4, 0.5) is 18.9 Å². The molecule has 0 saturated heterocycles. The molecule has 2 heterocycles. The van der Waals surface area contributed by atoms with Gasteiger partial charge in [-0.2, -0.15) is 13.2 Å². The Labute approximate surface area is 231 Å². The molecule has 1 N–H and O–H groups in total. The number of methoxy groups -OCH3 is 2. The molecule has 206 valence electrons. The number of fused-ring (bicyclic) bond motifs is 6. The van der Waals surface area contributed by atoms with Gasteiger partial charge in [-0.25, -0.2) is 0 Å². The van der Waals surface area contributed by atoms with E-state index in [4.69, 9.17) is 9.47 Å². The molecule has 1 aliphatic heterocycles. The highest BCUT2D eigenvalue weighted by atomic mass is 32.2. The minimum Gasteiger partial charge on any atom is -0.493 e. The Morgan fingerprint density at radius 2 is 1.82 bits per heavy atom. The summed E-state index contributed by atoms with van der Waals surface area (Å²) in [6.45, 7) is -0.353. The van der Waals surface area contributed by atoms with Crippen LogP contribution in [0.2, 0.25) is 0 Å². The van der Waals surface area contributed by atoms with Gasteiger partial charge >= 0.3 is 11.0 Å². The Morgan fingerprint density at radius 3 is 2.56 bits per heavy atom. The maximum atomic E-state index is 13.4. The van der Waals surface area contributed by atoms with Crippen molar-refractivity contribution in [2.45, 2.75) is 48.2 Å². The van der Waals surface area contributed by atoms with Crippen LogP contribution in [-0.2, 0) is 17.5 Å². The first-order valence-corrected chi connectivity index (χ1v) is 14.5. The van der Waals surface area contributed by atoms with Gasteiger partial charge in [0.15, 0.2) is 11.5 Å². The number of alkyl halides is 3. The molecule has 6 rings (SSSR count). The molecule has 0 radical (unpaired) electrons. The largest absolute Gasteiger partial charge is 0.493 e. The first-order chi connectivity index (χ1) is 18.7. The molecule has 2 bridgehead atoms. The van der Waals surface area contributed by atoms with Gasteiger partial charge in [-0.05, 0) is 66.8 Å². The second-order valence-electron chi connectivity index (χ2n) is 10.3. The van der Waals surface area contributed by atoms with Crippen LogP contribution in [0.15, 0.2) is 52.3 Å². The van der Waals surface area contributed by atoms with Gasteiger partial charge in [-0.15, -0.1) is 11.8 Å². The lowest BCUT2D eigenvalue weighted by atomic mass is 9.75. The van der Waals surface area contributed by atoms with Crippen LogP contribution in [0.1, 0.15) is 41.2 Å². The second kappa shape index (κ2) is 9.92. The predicted molar refractivity (Wildman–Crippen MR) is 144 cm³/mol. The summed E-state index contributed by atoms with van der Waals surface area (Å²) in [5.41, 5.74) is -0.212. The van der Waals surface area contributed by atoms with Gasteiger partial charge in [0.25, 0.3) is 0 Å². The molecule has 11 heteroatoms. The van der Waals surface area contributed by atoms with E-state index in [-0.39, 0.29) is 23.0 Å². The molecule has 1 aromatic heterocycles. The van der Waals surface area contributed by atoms with Gasteiger partial charge in [0.2, 0.25) is 5.91 Å². The van der Waals surface area contributed by atoms with Gasteiger partial charge in [-0.1, -0.05) is 29.5 Å². The molecule has 4 unspecified atom stereocenters. The summed E-state index contributed by atoms with van der Waals surface area (Å²) < 4.78 is 52.8. The average molecular weight is 577 g/mol. The molecule has 5 atom stereocenters. The number of ether oxygens (including phenoxy) is 2. The van der Waals surface area contributed by atoms with Gasteiger partial charge in [-0.3, -0.25) is 14.2 Å². The minimum atomic E-state index is -4.61. The smallest absolute Gasteiger partial charge is 0.418 e. The standard InChI is InChI=1S/C28H27F3N2O4S2/c1-36-19-10-9-15(12-20(19)37-2)23-22-14-7-8-16(11-14)24(22)38-26-25(23)39-27(35)33(26)13-21(34)32-18-6-4-3-5-17(18)28(29,30)31/h3-6,9-10,12,14,16,22-24H,7-8,11,13H2,1-2H3,(H,32,34)/t14?,16?,22?,23-,24?/m0/s1. The van der Waals surface area contributed by atoms with Crippen molar-refractivity contribution >= 4 is 34.7 Å². The summed E-state index contributed by atoms with van der Waals surface area (Å²) in [5.74, 6) is 1.99. The average Bonchev–Trinajstić information content (AvgIpc) is 3.61. The fourth-order valence-corrected chi connectivity index (χ4v) is 9.83. The number of thiazole rings is 1. The number of aromatic nitrogens is 1. The summed E-state index contributed by atoms with van der Waals surface area (Å²) >= 11 is 2.80. The van der Waals surface area contributed by atoms with Crippen LogP contribution < -0.4 is 19.7 Å². The normalized spacial score (nSPS) is 25.2. The summed E-state index contributed by atoms with van der Waals surface area (Å²) in [4.78, 5) is 26.9. The third kappa shape index (κ3) is 4.53. The van der Waals surface area contributed by atoms with Gasteiger partial charge in [0, 0.05) is 16.0 Å². The monoisotopic (exact) mass is 576 g/mol. The van der Waals surface area contributed by atoms with Crippen LogP contribution in [0.5, 0.6) is 11.5 Å².